The van der Waals surface area contributed by atoms with Gasteiger partial charge in [-0.25, -0.2) is 4.39 Å². The average Bonchev–Trinajstić information content (AvgIpc) is 2.79. The van der Waals surface area contributed by atoms with E-state index in [9.17, 15) is 4.39 Å². The molecule has 1 saturated carbocycles. The van der Waals surface area contributed by atoms with Gasteiger partial charge in [0.2, 0.25) is 0 Å². The molecule has 1 heterocycles. The number of thioether (sulfide) groups is 1. The summed E-state index contributed by atoms with van der Waals surface area (Å²) >= 11 is 7.47. The van der Waals surface area contributed by atoms with Gasteiger partial charge in [0.05, 0.1) is 16.2 Å². The number of hydrogen-bond donors (Lipinski definition) is 1. The van der Waals surface area contributed by atoms with E-state index in [-0.39, 0.29) is 10.6 Å². The van der Waals surface area contributed by atoms with Crippen LogP contribution in [0.15, 0.2) is 23.2 Å². The molecular weight excluding hydrogens is 283 g/mol. The molecule has 0 atom stereocenters. The predicted octanol–water partition coefficient (Wildman–Crippen LogP) is 4.70. The summed E-state index contributed by atoms with van der Waals surface area (Å²) in [4.78, 5) is 4.80. The standard InChI is InChI=1S/C14H16ClFN2S/c15-10-5-4-6-11(12(10)16)17-13-18-14(9-19-13)7-2-1-3-8-14/h4-6H,1-3,7-9H2,(H,17,18). The first-order chi connectivity index (χ1) is 9.19. The molecule has 3 rings (SSSR count). The second kappa shape index (κ2) is 5.33. The van der Waals surface area contributed by atoms with Gasteiger partial charge in [-0.05, 0) is 25.0 Å². The highest BCUT2D eigenvalue weighted by molar-refractivity contribution is 8.14. The van der Waals surface area contributed by atoms with Crippen molar-refractivity contribution in [3.63, 3.8) is 0 Å². The SMILES string of the molecule is Fc1c(Cl)cccc1NC1=NC2(CCCCC2)CS1. The Morgan fingerprint density at radius 3 is 2.84 bits per heavy atom. The fourth-order valence-corrected chi connectivity index (χ4v) is 4.10. The van der Waals surface area contributed by atoms with Crippen molar-refractivity contribution in [2.75, 3.05) is 11.1 Å². The molecule has 1 fully saturated rings. The van der Waals surface area contributed by atoms with Crippen LogP contribution in [0, 0.1) is 5.82 Å². The van der Waals surface area contributed by atoms with Crippen molar-refractivity contribution in [3.05, 3.63) is 29.0 Å². The van der Waals surface area contributed by atoms with Crippen LogP contribution in [0.3, 0.4) is 0 Å². The van der Waals surface area contributed by atoms with Gasteiger partial charge in [0.15, 0.2) is 11.0 Å². The van der Waals surface area contributed by atoms with Crippen molar-refractivity contribution >= 4 is 34.2 Å². The number of benzene rings is 1. The lowest BCUT2D eigenvalue weighted by molar-refractivity contribution is 0.335. The molecule has 0 amide bonds. The predicted molar refractivity (Wildman–Crippen MR) is 80.7 cm³/mol. The Morgan fingerprint density at radius 1 is 1.26 bits per heavy atom. The molecule has 2 aliphatic rings. The third-order valence-corrected chi connectivity index (χ3v) is 5.23. The monoisotopic (exact) mass is 298 g/mol. The molecule has 5 heteroatoms. The zero-order valence-electron chi connectivity index (χ0n) is 10.6. The molecule has 2 nitrogen and oxygen atoms in total. The summed E-state index contributed by atoms with van der Waals surface area (Å²) in [6, 6.07) is 4.98. The Bertz CT molecular complexity index is 512. The Hall–Kier alpha value is -0.740. The highest BCUT2D eigenvalue weighted by Crippen LogP contribution is 2.40. The van der Waals surface area contributed by atoms with Crippen molar-refractivity contribution in [1.29, 1.82) is 0 Å². The third kappa shape index (κ3) is 2.75. The van der Waals surface area contributed by atoms with Crippen LogP contribution in [0.25, 0.3) is 0 Å². The first-order valence-electron chi connectivity index (χ1n) is 6.62. The molecule has 1 spiro atoms. The van der Waals surface area contributed by atoms with Gasteiger partial charge in [-0.15, -0.1) is 0 Å². The van der Waals surface area contributed by atoms with E-state index in [1.165, 1.54) is 19.3 Å². The van der Waals surface area contributed by atoms with Crippen LogP contribution in [0.1, 0.15) is 32.1 Å². The van der Waals surface area contributed by atoms with Gasteiger partial charge in [-0.1, -0.05) is 48.7 Å². The zero-order chi connectivity index (χ0) is 13.3. The topological polar surface area (TPSA) is 24.4 Å². The molecule has 1 aromatic rings. The maximum atomic E-state index is 13.8. The molecule has 1 N–H and O–H groups in total. The molecule has 0 saturated heterocycles. The number of hydrogen-bond acceptors (Lipinski definition) is 3. The van der Waals surface area contributed by atoms with Gasteiger partial charge in [-0.3, -0.25) is 4.99 Å². The maximum Gasteiger partial charge on any atom is 0.165 e. The quantitative estimate of drug-likeness (QED) is 0.813. The number of halogens is 2. The van der Waals surface area contributed by atoms with Gasteiger partial charge in [-0.2, -0.15) is 0 Å². The largest absolute Gasteiger partial charge is 0.333 e. The van der Waals surface area contributed by atoms with Crippen LogP contribution in [-0.2, 0) is 0 Å². The highest BCUT2D eigenvalue weighted by atomic mass is 35.5. The molecule has 19 heavy (non-hydrogen) atoms. The summed E-state index contributed by atoms with van der Waals surface area (Å²) in [5.74, 6) is 0.606. The first kappa shape index (κ1) is 13.3. The third-order valence-electron chi connectivity index (χ3n) is 3.79. The van der Waals surface area contributed by atoms with Gasteiger partial charge in [0, 0.05) is 5.75 Å². The minimum Gasteiger partial charge on any atom is -0.333 e. The Morgan fingerprint density at radius 2 is 2.05 bits per heavy atom. The average molecular weight is 299 g/mol. The Balaban J connectivity index is 1.77. The summed E-state index contributed by atoms with van der Waals surface area (Å²) in [6.07, 6.45) is 6.13. The van der Waals surface area contributed by atoms with Crippen LogP contribution in [0.4, 0.5) is 10.1 Å². The molecular formula is C14H16ClFN2S. The second-order valence-electron chi connectivity index (χ2n) is 5.22. The fraction of sp³-hybridized carbons (Fsp3) is 0.500. The summed E-state index contributed by atoms with van der Waals surface area (Å²) in [5.41, 5.74) is 0.506. The van der Waals surface area contributed by atoms with E-state index in [1.807, 2.05) is 0 Å². The van der Waals surface area contributed by atoms with E-state index < -0.39 is 5.82 Å². The lowest BCUT2D eigenvalue weighted by atomic mass is 9.84. The molecule has 1 aliphatic carbocycles. The van der Waals surface area contributed by atoms with Crippen molar-refractivity contribution in [2.45, 2.75) is 37.6 Å². The van der Waals surface area contributed by atoms with Gasteiger partial charge < -0.3 is 5.32 Å². The number of rotatable bonds is 1. The summed E-state index contributed by atoms with van der Waals surface area (Å²) in [5, 5.41) is 4.04. The Kier molecular flexibility index (Phi) is 3.72. The van der Waals surface area contributed by atoms with Crippen molar-refractivity contribution in [2.24, 2.45) is 4.99 Å². The molecule has 0 radical (unpaired) electrons. The summed E-state index contributed by atoms with van der Waals surface area (Å²) in [6.45, 7) is 0. The summed E-state index contributed by atoms with van der Waals surface area (Å²) in [7, 11) is 0. The number of amidine groups is 1. The van der Waals surface area contributed by atoms with Gasteiger partial charge >= 0.3 is 0 Å². The molecule has 1 aromatic carbocycles. The molecule has 0 aromatic heterocycles. The minimum absolute atomic E-state index is 0.0975. The summed E-state index contributed by atoms with van der Waals surface area (Å²) < 4.78 is 13.8. The number of nitrogens with zero attached hydrogens (tertiary/aromatic N) is 1. The number of nitrogens with one attached hydrogen (secondary N) is 1. The van der Waals surface area contributed by atoms with E-state index in [0.717, 1.165) is 23.8 Å². The van der Waals surface area contributed by atoms with E-state index in [0.29, 0.717) is 5.69 Å². The van der Waals surface area contributed by atoms with E-state index >= 15 is 0 Å². The van der Waals surface area contributed by atoms with E-state index in [1.54, 1.807) is 30.0 Å². The normalized spacial score (nSPS) is 21.5. The van der Waals surface area contributed by atoms with Crippen LogP contribution < -0.4 is 5.32 Å². The molecule has 0 bridgehead atoms. The van der Waals surface area contributed by atoms with Crippen LogP contribution >= 0.6 is 23.4 Å². The lowest BCUT2D eigenvalue weighted by Gasteiger charge is -2.29. The zero-order valence-corrected chi connectivity index (χ0v) is 12.2. The van der Waals surface area contributed by atoms with Crippen LogP contribution in [0.2, 0.25) is 5.02 Å². The van der Waals surface area contributed by atoms with Crippen LogP contribution in [-0.4, -0.2) is 16.5 Å². The Labute approximate surface area is 121 Å². The van der Waals surface area contributed by atoms with Crippen molar-refractivity contribution in [1.82, 2.24) is 0 Å². The lowest BCUT2D eigenvalue weighted by Crippen LogP contribution is -2.29. The first-order valence-corrected chi connectivity index (χ1v) is 7.99. The molecule has 102 valence electrons. The molecule has 0 unspecified atom stereocenters. The number of anilines is 1. The van der Waals surface area contributed by atoms with Crippen molar-refractivity contribution in [3.8, 4) is 0 Å². The highest BCUT2D eigenvalue weighted by Gasteiger charge is 2.36. The smallest absolute Gasteiger partial charge is 0.165 e. The van der Waals surface area contributed by atoms with Crippen LogP contribution in [0.5, 0.6) is 0 Å². The number of aliphatic imine (C=N–C) groups is 1. The van der Waals surface area contributed by atoms with Crippen molar-refractivity contribution < 1.29 is 4.39 Å². The van der Waals surface area contributed by atoms with E-state index in [4.69, 9.17) is 16.6 Å². The minimum atomic E-state index is -0.405. The van der Waals surface area contributed by atoms with E-state index in [2.05, 4.69) is 5.32 Å². The second-order valence-corrected chi connectivity index (χ2v) is 6.59. The fourth-order valence-electron chi connectivity index (χ4n) is 2.73. The van der Waals surface area contributed by atoms with Gasteiger partial charge in [0.25, 0.3) is 0 Å². The maximum absolute atomic E-state index is 13.8. The van der Waals surface area contributed by atoms with Gasteiger partial charge in [0.1, 0.15) is 0 Å². The molecule has 1 aliphatic heterocycles.